The van der Waals surface area contributed by atoms with Crippen molar-refractivity contribution in [2.45, 2.75) is 12.8 Å². The minimum absolute atomic E-state index is 0.0591. The molecule has 0 spiro atoms. The van der Waals surface area contributed by atoms with Gasteiger partial charge in [0, 0.05) is 19.7 Å². The molecule has 0 saturated carbocycles. The number of nitro groups is 1. The van der Waals surface area contributed by atoms with Crippen molar-refractivity contribution >= 4 is 23.1 Å². The second kappa shape index (κ2) is 5.49. The van der Waals surface area contributed by atoms with E-state index in [2.05, 4.69) is 4.98 Å². The van der Waals surface area contributed by atoms with Crippen molar-refractivity contribution in [3.05, 3.63) is 27.4 Å². The summed E-state index contributed by atoms with van der Waals surface area (Å²) in [5, 5.41) is 20.1. The normalized spacial score (nSPS) is 19.9. The fourth-order valence-electron chi connectivity index (χ4n) is 2.16. The number of halogens is 1. The number of hydrogen-bond acceptors (Lipinski definition) is 5. The van der Waals surface area contributed by atoms with E-state index in [0.29, 0.717) is 12.4 Å². The molecule has 1 aliphatic rings. The number of piperidine rings is 1. The Morgan fingerprint density at radius 3 is 3.06 bits per heavy atom. The van der Waals surface area contributed by atoms with Crippen LogP contribution in [0.1, 0.15) is 12.8 Å². The lowest BCUT2D eigenvalue weighted by atomic mass is 9.99. The van der Waals surface area contributed by atoms with E-state index in [-0.39, 0.29) is 23.4 Å². The highest BCUT2D eigenvalue weighted by atomic mass is 35.5. The lowest BCUT2D eigenvalue weighted by Crippen LogP contribution is -2.37. The Morgan fingerprint density at radius 1 is 1.61 bits per heavy atom. The topological polar surface area (TPSA) is 79.5 Å². The first-order valence-corrected chi connectivity index (χ1v) is 6.15. The van der Waals surface area contributed by atoms with Gasteiger partial charge in [-0.1, -0.05) is 11.6 Å². The van der Waals surface area contributed by atoms with Gasteiger partial charge in [-0.2, -0.15) is 0 Å². The molecule has 1 atom stereocenters. The van der Waals surface area contributed by atoms with Gasteiger partial charge in [0.25, 0.3) is 5.69 Å². The van der Waals surface area contributed by atoms with Gasteiger partial charge in [0.1, 0.15) is 11.0 Å². The van der Waals surface area contributed by atoms with Gasteiger partial charge in [0.2, 0.25) is 0 Å². The molecule has 0 radical (unpaired) electrons. The Morgan fingerprint density at radius 2 is 2.39 bits per heavy atom. The summed E-state index contributed by atoms with van der Waals surface area (Å²) in [6.07, 6.45) is 1.91. The summed E-state index contributed by atoms with van der Waals surface area (Å²) in [6, 6.07) is 2.66. The molecule has 1 unspecified atom stereocenters. The lowest BCUT2D eigenvalue weighted by Gasteiger charge is -2.32. The predicted octanol–water partition coefficient (Wildman–Crippen LogP) is 1.85. The van der Waals surface area contributed by atoms with E-state index >= 15 is 0 Å². The maximum absolute atomic E-state index is 10.8. The average Bonchev–Trinajstić information content (AvgIpc) is 2.38. The Hall–Kier alpha value is -1.40. The van der Waals surface area contributed by atoms with E-state index in [1.165, 1.54) is 12.1 Å². The van der Waals surface area contributed by atoms with Crippen LogP contribution in [0.15, 0.2) is 12.1 Å². The van der Waals surface area contributed by atoms with E-state index in [4.69, 9.17) is 11.6 Å². The smallest absolute Gasteiger partial charge is 0.276 e. The predicted molar refractivity (Wildman–Crippen MR) is 67.9 cm³/mol. The molecule has 1 aliphatic heterocycles. The standard InChI is InChI=1S/C11H14ClN3O3/c12-10-4-9(15(17)18)5-11(13-10)14-3-1-2-8(6-14)7-16/h4-5,8,16H,1-3,6-7H2. The number of pyridine rings is 1. The quantitative estimate of drug-likeness (QED) is 0.516. The third-order valence-corrected chi connectivity index (χ3v) is 3.27. The van der Waals surface area contributed by atoms with Crippen molar-refractivity contribution in [1.82, 2.24) is 4.98 Å². The lowest BCUT2D eigenvalue weighted by molar-refractivity contribution is -0.384. The molecule has 1 saturated heterocycles. The van der Waals surface area contributed by atoms with Crippen molar-refractivity contribution < 1.29 is 10.0 Å². The third-order valence-electron chi connectivity index (χ3n) is 3.08. The van der Waals surface area contributed by atoms with Gasteiger partial charge in [-0.05, 0) is 18.8 Å². The molecule has 1 fully saturated rings. The Balaban J connectivity index is 2.24. The fourth-order valence-corrected chi connectivity index (χ4v) is 2.36. The molecule has 0 aliphatic carbocycles. The highest BCUT2D eigenvalue weighted by Crippen LogP contribution is 2.26. The molecule has 18 heavy (non-hydrogen) atoms. The zero-order valence-electron chi connectivity index (χ0n) is 9.75. The molecular weight excluding hydrogens is 258 g/mol. The number of rotatable bonds is 3. The fraction of sp³-hybridized carbons (Fsp3) is 0.545. The second-order valence-corrected chi connectivity index (χ2v) is 4.79. The van der Waals surface area contributed by atoms with Gasteiger partial charge < -0.3 is 10.0 Å². The Kier molecular flexibility index (Phi) is 3.98. The highest BCUT2D eigenvalue weighted by Gasteiger charge is 2.22. The molecular formula is C11H14ClN3O3. The Labute approximate surface area is 109 Å². The van der Waals surface area contributed by atoms with Crippen LogP contribution < -0.4 is 4.90 Å². The van der Waals surface area contributed by atoms with Crippen LogP contribution in [0.25, 0.3) is 0 Å². The summed E-state index contributed by atoms with van der Waals surface area (Å²) < 4.78 is 0. The number of hydrogen-bond donors (Lipinski definition) is 1. The van der Waals surface area contributed by atoms with Crippen molar-refractivity contribution in [1.29, 1.82) is 0 Å². The van der Waals surface area contributed by atoms with Crippen LogP contribution in [0.4, 0.5) is 11.5 Å². The summed E-state index contributed by atoms with van der Waals surface area (Å²) >= 11 is 5.79. The van der Waals surface area contributed by atoms with Crippen LogP contribution in [-0.4, -0.2) is 34.7 Å². The molecule has 0 amide bonds. The van der Waals surface area contributed by atoms with E-state index in [1.54, 1.807) is 0 Å². The minimum atomic E-state index is -0.482. The number of nitrogens with zero attached hydrogens (tertiary/aromatic N) is 3. The maximum atomic E-state index is 10.8. The number of anilines is 1. The van der Waals surface area contributed by atoms with Crippen LogP contribution >= 0.6 is 11.6 Å². The molecule has 2 heterocycles. The summed E-state index contributed by atoms with van der Waals surface area (Å²) in [5.74, 6) is 0.700. The molecule has 6 nitrogen and oxygen atoms in total. The molecule has 0 aromatic carbocycles. The van der Waals surface area contributed by atoms with Gasteiger partial charge in [-0.15, -0.1) is 0 Å². The van der Waals surface area contributed by atoms with E-state index in [1.807, 2.05) is 4.90 Å². The molecule has 1 aromatic heterocycles. The zero-order chi connectivity index (χ0) is 13.1. The largest absolute Gasteiger partial charge is 0.396 e. The molecule has 2 rings (SSSR count). The number of aliphatic hydroxyl groups excluding tert-OH is 1. The van der Waals surface area contributed by atoms with Crippen LogP contribution in [0.5, 0.6) is 0 Å². The number of aliphatic hydroxyl groups is 1. The Bertz CT molecular complexity index is 455. The first kappa shape index (κ1) is 13.0. The maximum Gasteiger partial charge on any atom is 0.276 e. The van der Waals surface area contributed by atoms with Crippen LogP contribution in [0, 0.1) is 16.0 Å². The first-order valence-electron chi connectivity index (χ1n) is 5.78. The molecule has 98 valence electrons. The van der Waals surface area contributed by atoms with E-state index in [9.17, 15) is 15.2 Å². The third kappa shape index (κ3) is 2.88. The van der Waals surface area contributed by atoms with Crippen LogP contribution in [-0.2, 0) is 0 Å². The number of aromatic nitrogens is 1. The van der Waals surface area contributed by atoms with Gasteiger partial charge in [-0.25, -0.2) is 4.98 Å². The molecule has 1 aromatic rings. The molecule has 1 N–H and O–H groups in total. The van der Waals surface area contributed by atoms with Crippen LogP contribution in [0.3, 0.4) is 0 Å². The summed E-state index contributed by atoms with van der Waals surface area (Å²) in [5.41, 5.74) is -0.0591. The second-order valence-electron chi connectivity index (χ2n) is 4.40. The van der Waals surface area contributed by atoms with E-state index < -0.39 is 4.92 Å². The summed E-state index contributed by atoms with van der Waals surface area (Å²) in [7, 11) is 0. The zero-order valence-corrected chi connectivity index (χ0v) is 10.5. The van der Waals surface area contributed by atoms with Crippen molar-refractivity contribution in [2.75, 3.05) is 24.6 Å². The summed E-state index contributed by atoms with van der Waals surface area (Å²) in [4.78, 5) is 16.3. The van der Waals surface area contributed by atoms with Gasteiger partial charge in [-0.3, -0.25) is 10.1 Å². The molecule has 7 heteroatoms. The van der Waals surface area contributed by atoms with E-state index in [0.717, 1.165) is 19.4 Å². The molecule has 0 bridgehead atoms. The van der Waals surface area contributed by atoms with Gasteiger partial charge in [0.05, 0.1) is 17.1 Å². The van der Waals surface area contributed by atoms with Gasteiger partial charge >= 0.3 is 0 Å². The average molecular weight is 272 g/mol. The minimum Gasteiger partial charge on any atom is -0.396 e. The highest BCUT2D eigenvalue weighted by molar-refractivity contribution is 6.29. The summed E-state index contributed by atoms with van der Waals surface area (Å²) in [6.45, 7) is 1.56. The van der Waals surface area contributed by atoms with Crippen molar-refractivity contribution in [2.24, 2.45) is 5.92 Å². The van der Waals surface area contributed by atoms with Crippen molar-refractivity contribution in [3.8, 4) is 0 Å². The monoisotopic (exact) mass is 271 g/mol. The van der Waals surface area contributed by atoms with Gasteiger partial charge in [0.15, 0.2) is 0 Å². The van der Waals surface area contributed by atoms with Crippen molar-refractivity contribution in [3.63, 3.8) is 0 Å². The van der Waals surface area contributed by atoms with Crippen LogP contribution in [0.2, 0.25) is 5.15 Å². The SMILES string of the molecule is O=[N+]([O-])c1cc(Cl)nc(N2CCCC(CO)C2)c1. The first-order chi connectivity index (χ1) is 8.60.